The average molecular weight is 410 g/mol. The van der Waals surface area contributed by atoms with Gasteiger partial charge >= 0.3 is 12.1 Å². The van der Waals surface area contributed by atoms with E-state index in [1.54, 1.807) is 12.1 Å². The molecule has 1 heterocycles. The Bertz CT molecular complexity index is 631. The summed E-state index contributed by atoms with van der Waals surface area (Å²) >= 11 is 3.17. The molecule has 10 heteroatoms. The Labute approximate surface area is 144 Å². The van der Waals surface area contributed by atoms with E-state index in [9.17, 15) is 28.1 Å². The molecule has 1 amide bonds. The number of anilines is 1. The maximum Gasteiger partial charge on any atom is 0.471 e. The van der Waals surface area contributed by atoms with E-state index in [1.807, 2.05) is 0 Å². The summed E-state index contributed by atoms with van der Waals surface area (Å²) in [5.74, 6) is -1.76. The first-order valence-corrected chi connectivity index (χ1v) is 8.01. The van der Waals surface area contributed by atoms with Crippen LogP contribution in [0, 0.1) is 16.0 Å². The fraction of sp³-hybridized carbons (Fsp3) is 0.500. The van der Waals surface area contributed by atoms with E-state index in [1.165, 1.54) is 6.07 Å². The van der Waals surface area contributed by atoms with Crippen LogP contribution in [0.5, 0.6) is 0 Å². The van der Waals surface area contributed by atoms with Crippen LogP contribution in [0.2, 0.25) is 0 Å². The summed E-state index contributed by atoms with van der Waals surface area (Å²) in [6.07, 6.45) is -4.01. The highest BCUT2D eigenvalue weighted by molar-refractivity contribution is 9.10. The summed E-state index contributed by atoms with van der Waals surface area (Å²) < 4.78 is 37.7. The molecule has 0 aliphatic carbocycles. The van der Waals surface area contributed by atoms with E-state index in [4.69, 9.17) is 0 Å². The lowest BCUT2D eigenvalue weighted by Crippen LogP contribution is -2.46. The maximum atomic E-state index is 12.4. The zero-order valence-corrected chi connectivity index (χ0v) is 14.1. The number of alkyl halides is 3. The number of carbonyl (C=O) groups excluding carboxylic acids is 1. The minimum absolute atomic E-state index is 0.0348. The molecule has 0 unspecified atom stereocenters. The highest BCUT2D eigenvalue weighted by Gasteiger charge is 2.43. The molecular formula is C14H15BrF3N3O3. The molecule has 1 aromatic carbocycles. The van der Waals surface area contributed by atoms with Gasteiger partial charge in [0.25, 0.3) is 5.69 Å². The molecule has 0 atom stereocenters. The lowest BCUT2D eigenvalue weighted by atomic mass is 9.96. The van der Waals surface area contributed by atoms with Gasteiger partial charge in [-0.2, -0.15) is 13.2 Å². The number of benzene rings is 1. The van der Waals surface area contributed by atoms with Crippen LogP contribution in [-0.4, -0.2) is 41.5 Å². The van der Waals surface area contributed by atoms with Gasteiger partial charge in [0, 0.05) is 30.2 Å². The third kappa shape index (κ3) is 4.59. The molecule has 0 radical (unpaired) electrons. The van der Waals surface area contributed by atoms with Gasteiger partial charge in [-0.3, -0.25) is 14.9 Å². The molecule has 0 spiro atoms. The molecule has 6 nitrogen and oxygen atoms in total. The van der Waals surface area contributed by atoms with E-state index in [2.05, 4.69) is 21.2 Å². The highest BCUT2D eigenvalue weighted by atomic mass is 79.9. The Morgan fingerprint density at radius 1 is 1.38 bits per heavy atom. The number of amides is 1. The first-order valence-electron chi connectivity index (χ1n) is 7.22. The van der Waals surface area contributed by atoms with Crippen molar-refractivity contribution < 1.29 is 22.9 Å². The van der Waals surface area contributed by atoms with Crippen molar-refractivity contribution >= 4 is 33.2 Å². The summed E-state index contributed by atoms with van der Waals surface area (Å²) in [6, 6.07) is 4.62. The summed E-state index contributed by atoms with van der Waals surface area (Å²) in [5.41, 5.74) is 0.283. The van der Waals surface area contributed by atoms with Crippen LogP contribution in [0.15, 0.2) is 22.7 Å². The number of rotatable bonds is 4. The Morgan fingerprint density at radius 3 is 2.54 bits per heavy atom. The molecule has 2 rings (SSSR count). The predicted octanol–water partition coefficient (Wildman–Crippen LogP) is 3.57. The Kier molecular flexibility index (Phi) is 5.68. The molecule has 0 aromatic heterocycles. The van der Waals surface area contributed by atoms with Crippen LogP contribution in [-0.2, 0) is 4.79 Å². The summed E-state index contributed by atoms with van der Waals surface area (Å²) in [6.45, 7) is 0.469. The van der Waals surface area contributed by atoms with E-state index in [0.717, 1.165) is 4.90 Å². The predicted molar refractivity (Wildman–Crippen MR) is 84.6 cm³/mol. The minimum Gasteiger partial charge on any atom is -0.379 e. The second kappa shape index (κ2) is 7.37. The number of nitrogens with zero attached hydrogens (tertiary/aromatic N) is 2. The standard InChI is InChI=1S/C14H15BrF3N3O3/c15-10-1-2-11(12(7-10)21(23)24)19-8-9-3-5-20(6-4-9)13(22)14(16,17)18/h1-2,7,9,19H,3-6,8H2. The summed E-state index contributed by atoms with van der Waals surface area (Å²) in [4.78, 5) is 22.5. The molecule has 1 aromatic rings. The van der Waals surface area contributed by atoms with Gasteiger partial charge < -0.3 is 10.2 Å². The summed E-state index contributed by atoms with van der Waals surface area (Å²) in [5, 5.41) is 14.0. The molecule has 1 aliphatic heterocycles. The van der Waals surface area contributed by atoms with Crippen LogP contribution >= 0.6 is 15.9 Å². The first-order chi connectivity index (χ1) is 11.2. The summed E-state index contributed by atoms with van der Waals surface area (Å²) in [7, 11) is 0. The van der Waals surface area contributed by atoms with Crippen LogP contribution < -0.4 is 5.32 Å². The van der Waals surface area contributed by atoms with Crippen LogP contribution in [0.1, 0.15) is 12.8 Å². The molecule has 24 heavy (non-hydrogen) atoms. The van der Waals surface area contributed by atoms with Crippen molar-refractivity contribution in [1.82, 2.24) is 4.90 Å². The monoisotopic (exact) mass is 409 g/mol. The average Bonchev–Trinajstić information content (AvgIpc) is 2.52. The second-order valence-corrected chi connectivity index (χ2v) is 6.45. The SMILES string of the molecule is O=C(N1CCC(CNc2ccc(Br)cc2[N+](=O)[O-])CC1)C(F)(F)F. The zero-order chi connectivity index (χ0) is 17.9. The molecule has 132 valence electrons. The number of halogens is 4. The van der Waals surface area contributed by atoms with Crippen molar-refractivity contribution in [2.45, 2.75) is 19.0 Å². The Hall–Kier alpha value is -1.84. The Balaban J connectivity index is 1.90. The largest absolute Gasteiger partial charge is 0.471 e. The van der Waals surface area contributed by atoms with E-state index >= 15 is 0 Å². The van der Waals surface area contributed by atoms with Gasteiger partial charge in [0.05, 0.1) is 4.92 Å². The van der Waals surface area contributed by atoms with Crippen molar-refractivity contribution in [3.05, 3.63) is 32.8 Å². The second-order valence-electron chi connectivity index (χ2n) is 5.53. The fourth-order valence-corrected chi connectivity index (χ4v) is 2.93. The maximum absolute atomic E-state index is 12.4. The molecule has 0 saturated carbocycles. The van der Waals surface area contributed by atoms with E-state index < -0.39 is 17.0 Å². The lowest BCUT2D eigenvalue weighted by Gasteiger charge is -2.32. The van der Waals surface area contributed by atoms with E-state index in [-0.39, 0.29) is 24.7 Å². The molecule has 1 N–H and O–H groups in total. The van der Waals surface area contributed by atoms with Crippen molar-refractivity contribution in [3.8, 4) is 0 Å². The normalized spacial score (nSPS) is 16.1. The number of nitrogens with one attached hydrogen (secondary N) is 1. The van der Waals surface area contributed by atoms with E-state index in [0.29, 0.717) is 29.5 Å². The number of hydrogen-bond acceptors (Lipinski definition) is 4. The molecular weight excluding hydrogens is 395 g/mol. The number of piperidine rings is 1. The molecule has 0 bridgehead atoms. The van der Waals surface area contributed by atoms with Crippen LogP contribution in [0.25, 0.3) is 0 Å². The lowest BCUT2D eigenvalue weighted by molar-refractivity contribution is -0.384. The van der Waals surface area contributed by atoms with Gasteiger partial charge in [-0.25, -0.2) is 0 Å². The van der Waals surface area contributed by atoms with Crippen LogP contribution in [0.4, 0.5) is 24.5 Å². The van der Waals surface area contributed by atoms with Crippen molar-refractivity contribution in [1.29, 1.82) is 0 Å². The van der Waals surface area contributed by atoms with Crippen molar-refractivity contribution in [2.75, 3.05) is 25.0 Å². The topological polar surface area (TPSA) is 75.5 Å². The highest BCUT2D eigenvalue weighted by Crippen LogP contribution is 2.29. The van der Waals surface area contributed by atoms with Crippen molar-refractivity contribution in [3.63, 3.8) is 0 Å². The molecule has 1 saturated heterocycles. The number of nitro benzene ring substituents is 1. The number of likely N-dealkylation sites (tertiary alicyclic amines) is 1. The third-order valence-electron chi connectivity index (χ3n) is 3.88. The number of nitro groups is 1. The van der Waals surface area contributed by atoms with Crippen molar-refractivity contribution in [2.24, 2.45) is 5.92 Å². The van der Waals surface area contributed by atoms with Gasteiger partial charge in [-0.05, 0) is 30.9 Å². The quantitative estimate of drug-likeness (QED) is 0.609. The molecule has 1 aliphatic rings. The third-order valence-corrected chi connectivity index (χ3v) is 4.38. The number of carbonyl (C=O) groups is 1. The van der Waals surface area contributed by atoms with Gasteiger partial charge in [0.15, 0.2) is 0 Å². The smallest absolute Gasteiger partial charge is 0.379 e. The Morgan fingerprint density at radius 2 is 2.00 bits per heavy atom. The van der Waals surface area contributed by atoms with Gasteiger partial charge in [0.1, 0.15) is 5.69 Å². The zero-order valence-electron chi connectivity index (χ0n) is 12.5. The van der Waals surface area contributed by atoms with Crippen LogP contribution in [0.3, 0.4) is 0 Å². The minimum atomic E-state index is -4.84. The first kappa shape index (κ1) is 18.5. The van der Waals surface area contributed by atoms with Gasteiger partial charge in [-0.1, -0.05) is 15.9 Å². The number of hydrogen-bond donors (Lipinski definition) is 1. The fourth-order valence-electron chi connectivity index (χ4n) is 2.58. The van der Waals surface area contributed by atoms with Gasteiger partial charge in [-0.15, -0.1) is 0 Å². The molecule has 1 fully saturated rings. The van der Waals surface area contributed by atoms with Gasteiger partial charge in [0.2, 0.25) is 0 Å².